The van der Waals surface area contributed by atoms with Crippen LogP contribution in [-0.4, -0.2) is 18.1 Å². The van der Waals surface area contributed by atoms with Gasteiger partial charge in [-0.1, -0.05) is 38.3 Å². The Bertz CT molecular complexity index is 267. The highest BCUT2D eigenvalue weighted by molar-refractivity contribution is 5.69. The lowest BCUT2D eigenvalue weighted by molar-refractivity contribution is -0.144. The van der Waals surface area contributed by atoms with Crippen molar-refractivity contribution in [2.75, 3.05) is 6.61 Å². The lowest BCUT2D eigenvalue weighted by Gasteiger charge is -2.17. The van der Waals surface area contributed by atoms with Gasteiger partial charge in [-0.3, -0.25) is 4.79 Å². The molecule has 118 valence electrons. The SMILES string of the molecule is CCC=CCCCCCCCC(=O)OCCC(C)(C)N. The lowest BCUT2D eigenvalue weighted by Crippen LogP contribution is -2.33. The summed E-state index contributed by atoms with van der Waals surface area (Å²) < 4.78 is 5.16. The molecule has 2 N–H and O–H groups in total. The molecule has 0 aromatic rings. The Kier molecular flexibility index (Phi) is 11.5. The molecule has 0 rings (SSSR count). The zero-order valence-electron chi connectivity index (χ0n) is 13.6. The van der Waals surface area contributed by atoms with E-state index < -0.39 is 0 Å². The molecule has 3 heteroatoms. The molecule has 0 saturated carbocycles. The van der Waals surface area contributed by atoms with E-state index in [1.54, 1.807) is 0 Å². The number of carbonyl (C=O) groups is 1. The summed E-state index contributed by atoms with van der Waals surface area (Å²) >= 11 is 0. The minimum absolute atomic E-state index is 0.0832. The highest BCUT2D eigenvalue weighted by Gasteiger charge is 2.11. The molecule has 0 aliphatic rings. The van der Waals surface area contributed by atoms with Gasteiger partial charge in [-0.05, 0) is 46.0 Å². The van der Waals surface area contributed by atoms with Crippen molar-refractivity contribution in [2.24, 2.45) is 5.73 Å². The van der Waals surface area contributed by atoms with Gasteiger partial charge in [-0.15, -0.1) is 0 Å². The first kappa shape index (κ1) is 19.2. The van der Waals surface area contributed by atoms with Gasteiger partial charge in [0.2, 0.25) is 0 Å². The molecule has 0 spiro atoms. The van der Waals surface area contributed by atoms with Crippen molar-refractivity contribution in [3.8, 4) is 0 Å². The quantitative estimate of drug-likeness (QED) is 0.329. The molecule has 0 amide bonds. The van der Waals surface area contributed by atoms with Crippen LogP contribution >= 0.6 is 0 Å². The topological polar surface area (TPSA) is 52.3 Å². The fourth-order valence-electron chi connectivity index (χ4n) is 1.85. The summed E-state index contributed by atoms with van der Waals surface area (Å²) in [7, 11) is 0. The van der Waals surface area contributed by atoms with Crippen molar-refractivity contribution in [1.82, 2.24) is 0 Å². The molecule has 3 nitrogen and oxygen atoms in total. The summed E-state index contributed by atoms with van der Waals surface area (Å²) in [5, 5.41) is 0. The predicted octanol–water partition coefficient (Wildman–Crippen LogP) is 4.35. The minimum Gasteiger partial charge on any atom is -0.466 e. The van der Waals surface area contributed by atoms with Crippen LogP contribution in [0, 0.1) is 0 Å². The number of carbonyl (C=O) groups excluding carboxylic acids is 1. The molecular weight excluding hydrogens is 250 g/mol. The summed E-state index contributed by atoms with van der Waals surface area (Å²) in [6.07, 6.45) is 13.8. The van der Waals surface area contributed by atoms with E-state index in [1.807, 2.05) is 13.8 Å². The Morgan fingerprint density at radius 2 is 1.75 bits per heavy atom. The number of hydrogen-bond acceptors (Lipinski definition) is 3. The van der Waals surface area contributed by atoms with E-state index >= 15 is 0 Å². The molecule has 0 atom stereocenters. The number of ether oxygens (including phenoxy) is 1. The monoisotopic (exact) mass is 283 g/mol. The summed E-state index contributed by atoms with van der Waals surface area (Å²) in [5.74, 6) is -0.0832. The number of rotatable bonds is 12. The standard InChI is InChI=1S/C17H33NO2/c1-4-5-6-7-8-9-10-11-12-13-16(19)20-15-14-17(2,3)18/h5-6H,4,7-15,18H2,1-3H3. The van der Waals surface area contributed by atoms with E-state index in [2.05, 4.69) is 19.1 Å². The Balaban J connectivity index is 3.29. The fraction of sp³-hybridized carbons (Fsp3) is 0.824. The van der Waals surface area contributed by atoms with E-state index in [9.17, 15) is 4.79 Å². The van der Waals surface area contributed by atoms with Gasteiger partial charge >= 0.3 is 5.97 Å². The molecule has 0 aliphatic heterocycles. The second-order valence-corrected chi connectivity index (χ2v) is 6.15. The van der Waals surface area contributed by atoms with Crippen molar-refractivity contribution >= 4 is 5.97 Å². The average Bonchev–Trinajstić information content (AvgIpc) is 2.35. The Morgan fingerprint density at radius 3 is 2.40 bits per heavy atom. The maximum Gasteiger partial charge on any atom is 0.305 e. The van der Waals surface area contributed by atoms with Crippen LogP contribution in [0.15, 0.2) is 12.2 Å². The maximum atomic E-state index is 11.5. The van der Waals surface area contributed by atoms with Gasteiger partial charge in [0.15, 0.2) is 0 Å². The number of hydrogen-bond donors (Lipinski definition) is 1. The van der Waals surface area contributed by atoms with E-state index in [0.717, 1.165) is 19.3 Å². The van der Waals surface area contributed by atoms with E-state index in [0.29, 0.717) is 19.4 Å². The normalized spacial score (nSPS) is 12.0. The number of unbranched alkanes of at least 4 members (excludes halogenated alkanes) is 5. The second kappa shape index (κ2) is 12.0. The zero-order valence-corrected chi connectivity index (χ0v) is 13.6. The van der Waals surface area contributed by atoms with Gasteiger partial charge in [0.05, 0.1) is 6.61 Å². The lowest BCUT2D eigenvalue weighted by atomic mass is 10.0. The largest absolute Gasteiger partial charge is 0.466 e. The van der Waals surface area contributed by atoms with E-state index in [-0.39, 0.29) is 11.5 Å². The van der Waals surface area contributed by atoms with Crippen LogP contribution in [0.3, 0.4) is 0 Å². The van der Waals surface area contributed by atoms with Crippen LogP contribution in [0.5, 0.6) is 0 Å². The molecular formula is C17H33NO2. The number of esters is 1. The molecule has 0 aromatic heterocycles. The fourth-order valence-corrected chi connectivity index (χ4v) is 1.85. The van der Waals surface area contributed by atoms with Crippen molar-refractivity contribution in [3.63, 3.8) is 0 Å². The predicted molar refractivity (Wildman–Crippen MR) is 85.6 cm³/mol. The van der Waals surface area contributed by atoms with Crippen LogP contribution in [0.25, 0.3) is 0 Å². The Morgan fingerprint density at radius 1 is 1.10 bits per heavy atom. The highest BCUT2D eigenvalue weighted by Crippen LogP contribution is 2.09. The molecule has 0 saturated heterocycles. The number of nitrogens with two attached hydrogens (primary N) is 1. The van der Waals surface area contributed by atoms with Gasteiger partial charge in [-0.2, -0.15) is 0 Å². The second-order valence-electron chi connectivity index (χ2n) is 6.15. The molecule has 0 aliphatic carbocycles. The average molecular weight is 283 g/mol. The van der Waals surface area contributed by atoms with E-state index in [4.69, 9.17) is 10.5 Å². The minimum atomic E-state index is -0.257. The zero-order chi connectivity index (χ0) is 15.3. The molecule has 0 aromatic carbocycles. The van der Waals surface area contributed by atoms with Gasteiger partial charge < -0.3 is 10.5 Å². The molecule has 20 heavy (non-hydrogen) atoms. The molecule has 0 bridgehead atoms. The molecule has 0 fully saturated rings. The smallest absolute Gasteiger partial charge is 0.305 e. The number of allylic oxidation sites excluding steroid dienone is 2. The van der Waals surface area contributed by atoms with Crippen LogP contribution < -0.4 is 5.73 Å². The summed E-state index contributed by atoms with van der Waals surface area (Å²) in [6, 6.07) is 0. The van der Waals surface area contributed by atoms with Crippen LogP contribution in [0.1, 0.15) is 78.6 Å². The van der Waals surface area contributed by atoms with Gasteiger partial charge in [-0.25, -0.2) is 0 Å². The van der Waals surface area contributed by atoms with E-state index in [1.165, 1.54) is 25.7 Å². The summed E-state index contributed by atoms with van der Waals surface area (Å²) in [6.45, 7) is 6.48. The van der Waals surface area contributed by atoms with Crippen molar-refractivity contribution < 1.29 is 9.53 Å². The van der Waals surface area contributed by atoms with Crippen molar-refractivity contribution in [2.45, 2.75) is 84.1 Å². The first-order valence-corrected chi connectivity index (χ1v) is 8.05. The summed E-state index contributed by atoms with van der Waals surface area (Å²) in [4.78, 5) is 11.5. The van der Waals surface area contributed by atoms with Crippen LogP contribution in [-0.2, 0) is 9.53 Å². The molecule has 0 heterocycles. The molecule has 0 radical (unpaired) electrons. The van der Waals surface area contributed by atoms with Gasteiger partial charge in [0.25, 0.3) is 0 Å². The Labute approximate surface area is 125 Å². The summed E-state index contributed by atoms with van der Waals surface area (Å²) in [5.41, 5.74) is 5.57. The molecule has 0 unspecified atom stereocenters. The van der Waals surface area contributed by atoms with Crippen LogP contribution in [0.2, 0.25) is 0 Å². The van der Waals surface area contributed by atoms with Crippen molar-refractivity contribution in [1.29, 1.82) is 0 Å². The highest BCUT2D eigenvalue weighted by atomic mass is 16.5. The van der Waals surface area contributed by atoms with Crippen LogP contribution in [0.4, 0.5) is 0 Å². The first-order valence-electron chi connectivity index (χ1n) is 8.05. The third-order valence-electron chi connectivity index (χ3n) is 3.16. The third-order valence-corrected chi connectivity index (χ3v) is 3.16. The van der Waals surface area contributed by atoms with Gasteiger partial charge in [0.1, 0.15) is 0 Å². The third kappa shape index (κ3) is 15.2. The first-order chi connectivity index (χ1) is 9.45. The van der Waals surface area contributed by atoms with Crippen molar-refractivity contribution in [3.05, 3.63) is 12.2 Å². The maximum absolute atomic E-state index is 11.5. The Hall–Kier alpha value is -0.830. The van der Waals surface area contributed by atoms with Gasteiger partial charge in [0, 0.05) is 12.0 Å².